The number of aromatic nitrogens is 2. The van der Waals surface area contributed by atoms with Gasteiger partial charge in [-0.3, -0.25) is 4.79 Å². The van der Waals surface area contributed by atoms with Crippen LogP contribution in [-0.4, -0.2) is 16.6 Å². The summed E-state index contributed by atoms with van der Waals surface area (Å²) in [6.45, 7) is 0. The van der Waals surface area contributed by atoms with E-state index >= 15 is 0 Å². The molecule has 1 aromatic heterocycles. The zero-order chi connectivity index (χ0) is 9.80. The quantitative estimate of drug-likeness (QED) is 0.739. The minimum absolute atomic E-state index is 0.461. The average molecular weight is 189 g/mol. The van der Waals surface area contributed by atoms with Gasteiger partial charge in [0.1, 0.15) is 0 Å². The molecule has 0 unspecified atom stereocenters. The minimum atomic E-state index is 0.461. The largest absolute Gasteiger partial charge is 0.334 e. The van der Waals surface area contributed by atoms with E-state index in [4.69, 9.17) is 4.52 Å². The third-order valence-corrected chi connectivity index (χ3v) is 1.72. The van der Waals surface area contributed by atoms with Crippen LogP contribution in [0.3, 0.4) is 0 Å². The molecule has 0 bridgehead atoms. The first-order chi connectivity index (χ1) is 6.90. The first kappa shape index (κ1) is 8.43. The van der Waals surface area contributed by atoms with Crippen molar-refractivity contribution in [2.24, 2.45) is 0 Å². The molecule has 0 spiro atoms. The van der Waals surface area contributed by atoms with Gasteiger partial charge in [-0.05, 0) is 24.3 Å². The van der Waals surface area contributed by atoms with Crippen LogP contribution in [0, 0.1) is 0 Å². The lowest BCUT2D eigenvalue weighted by Gasteiger charge is -1.98. The van der Waals surface area contributed by atoms with Crippen LogP contribution in [0.4, 0.5) is 5.69 Å². The highest BCUT2D eigenvalue weighted by Gasteiger charge is 2.02. The number of hydrogen-bond acceptors (Lipinski definition) is 4. The Kier molecular flexibility index (Phi) is 2.22. The Labute approximate surface area is 79.7 Å². The maximum Gasteiger partial charge on any atom is 0.257 e. The topological polar surface area (TPSA) is 68.0 Å². The second-order valence-electron chi connectivity index (χ2n) is 2.59. The molecule has 0 aliphatic carbocycles. The molecule has 1 heterocycles. The normalized spacial score (nSPS) is 9.71. The Morgan fingerprint density at radius 2 is 2.07 bits per heavy atom. The Morgan fingerprint density at radius 3 is 2.64 bits per heavy atom. The van der Waals surface area contributed by atoms with Crippen LogP contribution in [0.2, 0.25) is 0 Å². The summed E-state index contributed by atoms with van der Waals surface area (Å²) in [7, 11) is 0. The predicted molar refractivity (Wildman–Crippen MR) is 49.4 cm³/mol. The number of carbonyl (C=O) groups excluding carboxylic acids is 1. The Balaban J connectivity index is 2.26. The molecule has 2 aromatic rings. The Hall–Kier alpha value is -2.17. The van der Waals surface area contributed by atoms with Crippen LogP contribution in [0.15, 0.2) is 35.1 Å². The summed E-state index contributed by atoms with van der Waals surface area (Å²) >= 11 is 0. The average Bonchev–Trinajstić information content (AvgIpc) is 2.72. The maximum atomic E-state index is 10.1. The van der Waals surface area contributed by atoms with Gasteiger partial charge < -0.3 is 9.84 Å². The summed E-state index contributed by atoms with van der Waals surface area (Å²) in [5, 5.41) is 6.03. The van der Waals surface area contributed by atoms with E-state index < -0.39 is 0 Å². The van der Waals surface area contributed by atoms with Gasteiger partial charge in [0.15, 0.2) is 6.33 Å². The van der Waals surface area contributed by atoms with Crippen LogP contribution in [-0.2, 0) is 4.79 Å². The van der Waals surface area contributed by atoms with Crippen molar-refractivity contribution in [1.82, 2.24) is 10.1 Å². The summed E-state index contributed by atoms with van der Waals surface area (Å²) in [6, 6.07) is 7.10. The molecule has 1 amide bonds. The van der Waals surface area contributed by atoms with Gasteiger partial charge in [0.05, 0.1) is 0 Å². The van der Waals surface area contributed by atoms with Gasteiger partial charge in [0.2, 0.25) is 6.41 Å². The van der Waals surface area contributed by atoms with E-state index in [0.29, 0.717) is 12.3 Å². The van der Waals surface area contributed by atoms with Gasteiger partial charge in [-0.15, -0.1) is 0 Å². The summed E-state index contributed by atoms with van der Waals surface area (Å²) < 4.78 is 4.87. The van der Waals surface area contributed by atoms with Crippen molar-refractivity contribution in [3.63, 3.8) is 0 Å². The van der Waals surface area contributed by atoms with Gasteiger partial charge in [-0.1, -0.05) is 5.16 Å². The minimum Gasteiger partial charge on any atom is -0.334 e. The lowest BCUT2D eigenvalue weighted by molar-refractivity contribution is -0.105. The molecule has 1 N–H and O–H groups in total. The molecule has 0 aliphatic rings. The maximum absolute atomic E-state index is 10.1. The standard InChI is InChI=1S/C9H7N3O2/c13-6-11-8-3-1-7(2-4-8)9-10-5-12-14-9/h1-6H,(H,11,13). The highest BCUT2D eigenvalue weighted by atomic mass is 16.5. The van der Waals surface area contributed by atoms with Gasteiger partial charge in [-0.2, -0.15) is 4.98 Å². The van der Waals surface area contributed by atoms with Crippen molar-refractivity contribution >= 4 is 12.1 Å². The molecule has 14 heavy (non-hydrogen) atoms. The van der Waals surface area contributed by atoms with Gasteiger partial charge >= 0.3 is 0 Å². The van der Waals surface area contributed by atoms with E-state index in [0.717, 1.165) is 11.3 Å². The third-order valence-electron chi connectivity index (χ3n) is 1.72. The summed E-state index contributed by atoms with van der Waals surface area (Å²) in [6.07, 6.45) is 1.97. The molecule has 0 saturated carbocycles. The molecule has 1 aromatic carbocycles. The fourth-order valence-electron chi connectivity index (χ4n) is 1.08. The predicted octanol–water partition coefficient (Wildman–Crippen LogP) is 1.30. The van der Waals surface area contributed by atoms with Crippen LogP contribution in [0.5, 0.6) is 0 Å². The molecule has 0 radical (unpaired) electrons. The zero-order valence-electron chi connectivity index (χ0n) is 7.18. The fraction of sp³-hybridized carbons (Fsp3) is 0. The van der Waals surface area contributed by atoms with E-state index in [2.05, 4.69) is 15.5 Å². The van der Waals surface area contributed by atoms with Gasteiger partial charge in [0.25, 0.3) is 5.89 Å². The van der Waals surface area contributed by atoms with E-state index in [1.165, 1.54) is 6.33 Å². The number of nitrogens with one attached hydrogen (secondary N) is 1. The molecule has 5 nitrogen and oxygen atoms in total. The van der Waals surface area contributed by atoms with E-state index in [9.17, 15) is 4.79 Å². The molecule has 70 valence electrons. The lowest BCUT2D eigenvalue weighted by Crippen LogP contribution is -1.92. The Bertz CT molecular complexity index is 408. The molecule has 5 heteroatoms. The molecule has 0 fully saturated rings. The highest BCUT2D eigenvalue weighted by Crippen LogP contribution is 2.18. The number of amides is 1. The highest BCUT2D eigenvalue weighted by molar-refractivity contribution is 5.72. The summed E-state index contributed by atoms with van der Waals surface area (Å²) in [5.74, 6) is 0.461. The van der Waals surface area contributed by atoms with E-state index in [1.807, 2.05) is 0 Å². The zero-order valence-corrected chi connectivity index (χ0v) is 7.18. The van der Waals surface area contributed by atoms with Crippen LogP contribution >= 0.6 is 0 Å². The van der Waals surface area contributed by atoms with Gasteiger partial charge in [0, 0.05) is 11.3 Å². The van der Waals surface area contributed by atoms with E-state index in [1.54, 1.807) is 24.3 Å². The molecule has 0 aliphatic heterocycles. The number of carbonyl (C=O) groups is 1. The van der Waals surface area contributed by atoms with Crippen molar-refractivity contribution in [1.29, 1.82) is 0 Å². The number of nitrogens with zero attached hydrogens (tertiary/aromatic N) is 2. The number of anilines is 1. The fourth-order valence-corrected chi connectivity index (χ4v) is 1.08. The first-order valence-corrected chi connectivity index (χ1v) is 3.97. The van der Waals surface area contributed by atoms with Crippen molar-refractivity contribution in [3.8, 4) is 11.5 Å². The molecule has 0 saturated heterocycles. The summed E-state index contributed by atoms with van der Waals surface area (Å²) in [5.41, 5.74) is 1.54. The van der Waals surface area contributed by atoms with Crippen LogP contribution < -0.4 is 5.32 Å². The Morgan fingerprint density at radius 1 is 1.29 bits per heavy atom. The number of rotatable bonds is 3. The number of hydrogen-bond donors (Lipinski definition) is 1. The van der Waals surface area contributed by atoms with E-state index in [-0.39, 0.29) is 0 Å². The van der Waals surface area contributed by atoms with Gasteiger partial charge in [-0.25, -0.2) is 0 Å². The lowest BCUT2D eigenvalue weighted by atomic mass is 10.2. The van der Waals surface area contributed by atoms with Crippen LogP contribution in [0.1, 0.15) is 0 Å². The second kappa shape index (κ2) is 3.69. The monoisotopic (exact) mass is 189 g/mol. The smallest absolute Gasteiger partial charge is 0.257 e. The second-order valence-corrected chi connectivity index (χ2v) is 2.59. The molecular weight excluding hydrogens is 182 g/mol. The third kappa shape index (κ3) is 1.61. The SMILES string of the molecule is O=CNc1ccc(-c2ncno2)cc1. The molecular formula is C9H7N3O2. The summed E-state index contributed by atoms with van der Waals surface area (Å²) in [4.78, 5) is 14.0. The number of benzene rings is 1. The molecule has 0 atom stereocenters. The molecule has 2 rings (SSSR count). The van der Waals surface area contributed by atoms with Crippen molar-refractivity contribution in [2.75, 3.05) is 5.32 Å². The van der Waals surface area contributed by atoms with Crippen molar-refractivity contribution in [3.05, 3.63) is 30.6 Å². The first-order valence-electron chi connectivity index (χ1n) is 3.97. The van der Waals surface area contributed by atoms with Crippen molar-refractivity contribution < 1.29 is 9.32 Å². The van der Waals surface area contributed by atoms with Crippen molar-refractivity contribution in [2.45, 2.75) is 0 Å². The van der Waals surface area contributed by atoms with Crippen LogP contribution in [0.25, 0.3) is 11.5 Å².